The largest absolute Gasteiger partial charge is 0.477 e. The molecule has 0 spiro atoms. The van der Waals surface area contributed by atoms with E-state index in [-0.39, 0.29) is 6.10 Å². The molecule has 6 heterocycles. The van der Waals surface area contributed by atoms with E-state index in [0.717, 1.165) is 77.1 Å². The first-order valence-electron chi connectivity index (χ1n) is 13.2. The smallest absolute Gasteiger partial charge is 0.346 e. The zero-order valence-corrected chi connectivity index (χ0v) is 23.4. The van der Waals surface area contributed by atoms with Gasteiger partial charge in [0.25, 0.3) is 5.79 Å². The molecule has 0 aliphatic carbocycles. The number of imidazole rings is 1. The lowest BCUT2D eigenvalue weighted by atomic mass is 9.88. The molecule has 2 fully saturated rings. The van der Waals surface area contributed by atoms with Gasteiger partial charge in [0.2, 0.25) is 0 Å². The van der Waals surface area contributed by atoms with Crippen molar-refractivity contribution in [1.82, 2.24) is 14.5 Å². The molecule has 1 N–H and O–H groups in total. The summed E-state index contributed by atoms with van der Waals surface area (Å²) in [5.41, 5.74) is 2.03. The summed E-state index contributed by atoms with van der Waals surface area (Å²) in [5.74, 6) is 0.916. The van der Waals surface area contributed by atoms with E-state index in [4.69, 9.17) is 19.2 Å². The lowest BCUT2D eigenvalue weighted by molar-refractivity contribution is -0.0592. The van der Waals surface area contributed by atoms with Gasteiger partial charge in [-0.15, -0.1) is 16.2 Å². The van der Waals surface area contributed by atoms with Crippen molar-refractivity contribution < 1.29 is 24.1 Å². The Balaban J connectivity index is 1.05. The van der Waals surface area contributed by atoms with Crippen LogP contribution in [0.3, 0.4) is 0 Å². The van der Waals surface area contributed by atoms with Crippen LogP contribution in [0, 0.1) is 4.91 Å². The molecule has 1 aromatic carbocycles. The number of nitroso groups, excluding NO2 is 1. The van der Waals surface area contributed by atoms with E-state index >= 15 is 0 Å². The second-order valence-corrected chi connectivity index (χ2v) is 14.6. The summed E-state index contributed by atoms with van der Waals surface area (Å²) >= 11 is 1.23. The zero-order chi connectivity index (χ0) is 26.9. The van der Waals surface area contributed by atoms with Crippen LogP contribution in [0.1, 0.15) is 53.2 Å². The molecule has 0 saturated carbocycles. The fourth-order valence-corrected chi connectivity index (χ4v) is 8.77. The molecule has 3 atom stereocenters. The molecule has 0 radical (unpaired) electrons. The number of rotatable bonds is 8. The van der Waals surface area contributed by atoms with Crippen molar-refractivity contribution in [3.63, 3.8) is 0 Å². The number of carboxylic acids is 1. The van der Waals surface area contributed by atoms with Crippen molar-refractivity contribution in [2.45, 2.75) is 57.1 Å². The van der Waals surface area contributed by atoms with Gasteiger partial charge in [-0.1, -0.05) is 22.3 Å². The highest BCUT2D eigenvalue weighted by molar-refractivity contribution is 8.42. The number of carbonyl (C=O) groups is 1. The molecule has 10 nitrogen and oxygen atoms in total. The SMILES string of the molecule is CC1(C2=CS2(C)N=O)Oc2cccc(C3CCN(Cc4nc5sc(C(=O)O)cc5n4CC4CCO4)CC3)c2O1. The minimum absolute atomic E-state index is 0.154. The highest BCUT2D eigenvalue weighted by atomic mass is 32.3. The van der Waals surface area contributed by atoms with Crippen LogP contribution in [0.5, 0.6) is 11.5 Å². The highest BCUT2D eigenvalue weighted by Gasteiger charge is 2.55. The maximum absolute atomic E-state index is 11.5. The molecular weight excluding hydrogens is 540 g/mol. The fourth-order valence-electron chi connectivity index (χ4n) is 5.92. The third-order valence-corrected chi connectivity index (χ3v) is 11.4. The van der Waals surface area contributed by atoms with Crippen molar-refractivity contribution in [1.29, 1.82) is 0 Å². The Kier molecular flexibility index (Phi) is 5.82. The average Bonchev–Trinajstić information content (AvgIpc) is 3.15. The Morgan fingerprint density at radius 3 is 2.74 bits per heavy atom. The molecule has 3 unspecified atom stereocenters. The molecule has 2 saturated heterocycles. The summed E-state index contributed by atoms with van der Waals surface area (Å²) in [6.07, 6.45) is 4.97. The first-order valence-corrected chi connectivity index (χ1v) is 16.1. The highest BCUT2D eigenvalue weighted by Crippen LogP contribution is 2.73. The maximum atomic E-state index is 11.5. The topological polar surface area (TPSA) is 115 Å². The first-order chi connectivity index (χ1) is 18.8. The lowest BCUT2D eigenvalue weighted by Crippen LogP contribution is -2.36. The van der Waals surface area contributed by atoms with E-state index in [1.165, 1.54) is 11.3 Å². The molecule has 2 aromatic heterocycles. The number of benzene rings is 1. The van der Waals surface area contributed by atoms with Crippen LogP contribution >= 0.6 is 21.6 Å². The van der Waals surface area contributed by atoms with Gasteiger partial charge in [-0.3, -0.25) is 4.90 Å². The van der Waals surface area contributed by atoms with Crippen molar-refractivity contribution in [3.05, 3.63) is 55.8 Å². The average molecular weight is 571 g/mol. The summed E-state index contributed by atoms with van der Waals surface area (Å²) < 4.78 is 23.8. The van der Waals surface area contributed by atoms with Crippen molar-refractivity contribution in [3.8, 4) is 11.5 Å². The predicted molar refractivity (Wildman–Crippen MR) is 150 cm³/mol. The van der Waals surface area contributed by atoms with Crippen LogP contribution in [-0.4, -0.2) is 63.4 Å². The molecule has 7 rings (SSSR count). The number of ether oxygens (including phenoxy) is 3. The van der Waals surface area contributed by atoms with Gasteiger partial charge in [0.1, 0.15) is 15.5 Å². The molecule has 4 aliphatic heterocycles. The van der Waals surface area contributed by atoms with Crippen LogP contribution in [-0.2, 0) is 17.8 Å². The summed E-state index contributed by atoms with van der Waals surface area (Å²) in [6.45, 7) is 5.88. The van der Waals surface area contributed by atoms with Crippen LogP contribution in [0.15, 0.2) is 39.2 Å². The summed E-state index contributed by atoms with van der Waals surface area (Å²) in [6, 6.07) is 7.80. The molecule has 3 aromatic rings. The molecule has 12 heteroatoms. The van der Waals surface area contributed by atoms with Gasteiger partial charge < -0.3 is 23.9 Å². The normalized spacial score (nSPS) is 30.0. The number of hydrogen-bond donors (Lipinski definition) is 1. The summed E-state index contributed by atoms with van der Waals surface area (Å²) in [7, 11) is -1.75. The molecule has 0 amide bonds. The van der Waals surface area contributed by atoms with Gasteiger partial charge in [-0.2, -0.15) is 0 Å². The van der Waals surface area contributed by atoms with Gasteiger partial charge in [0, 0.05) is 19.1 Å². The molecule has 206 valence electrons. The number of hydrogen-bond acceptors (Lipinski definition) is 9. The quantitative estimate of drug-likeness (QED) is 0.357. The van der Waals surface area contributed by atoms with Crippen molar-refractivity contribution >= 4 is 37.9 Å². The number of likely N-dealkylation sites (tertiary alicyclic amines) is 1. The molecular formula is C27H30N4O6S2. The Morgan fingerprint density at radius 1 is 1.28 bits per heavy atom. The third kappa shape index (κ3) is 4.24. The number of piperidine rings is 1. The van der Waals surface area contributed by atoms with Gasteiger partial charge in [-0.05, 0) is 66.6 Å². The van der Waals surface area contributed by atoms with Crippen LogP contribution in [0.25, 0.3) is 10.3 Å². The number of para-hydroxylation sites is 1. The minimum Gasteiger partial charge on any atom is -0.477 e. The second-order valence-electron chi connectivity index (χ2n) is 10.9. The first kappa shape index (κ1) is 25.1. The summed E-state index contributed by atoms with van der Waals surface area (Å²) in [5, 5.41) is 11.3. The molecule has 4 aliphatic rings. The number of thiophene rings is 1. The monoisotopic (exact) mass is 570 g/mol. The van der Waals surface area contributed by atoms with Crippen LogP contribution in [0.4, 0.5) is 0 Å². The van der Waals surface area contributed by atoms with Crippen molar-refractivity contribution in [2.24, 2.45) is 4.58 Å². The number of aromatic nitrogens is 2. The Morgan fingerprint density at radius 2 is 2.08 bits per heavy atom. The van der Waals surface area contributed by atoms with Gasteiger partial charge >= 0.3 is 5.97 Å². The molecule has 0 bridgehead atoms. The fraction of sp³-hybridized carbons (Fsp3) is 0.481. The van der Waals surface area contributed by atoms with Crippen molar-refractivity contribution in [2.75, 3.05) is 26.0 Å². The Hall–Kier alpha value is -2.93. The Labute approximate surface area is 231 Å². The number of nitrogens with zero attached hydrogens (tertiary/aromatic N) is 4. The second kappa shape index (κ2) is 9.05. The standard InChI is InChI=1S/C27H30N4O6S2/c1-27(22-15-39(22,2)29-34)36-20-5-3-4-18(24(20)37-27)16-6-9-30(10-7-16)14-23-28-25-19(12-21(38-25)26(32)33)31(23)13-17-8-11-35-17/h3-5,12,15-17H,6-11,13-14H2,1-2H3,(H,32,33). The van der Waals surface area contributed by atoms with E-state index in [2.05, 4.69) is 20.1 Å². The third-order valence-electron chi connectivity index (χ3n) is 8.25. The Bertz CT molecular complexity index is 1520. The lowest BCUT2D eigenvalue weighted by Gasteiger charge is -2.33. The van der Waals surface area contributed by atoms with Gasteiger partial charge in [-0.25, -0.2) is 9.78 Å². The van der Waals surface area contributed by atoms with E-state index < -0.39 is 22.0 Å². The summed E-state index contributed by atoms with van der Waals surface area (Å²) in [4.78, 5) is 32.0. The maximum Gasteiger partial charge on any atom is 0.346 e. The minimum atomic E-state index is -1.75. The van der Waals surface area contributed by atoms with Gasteiger partial charge in [0.15, 0.2) is 11.5 Å². The zero-order valence-electron chi connectivity index (χ0n) is 21.8. The van der Waals surface area contributed by atoms with Crippen LogP contribution in [0.2, 0.25) is 0 Å². The van der Waals surface area contributed by atoms with Crippen LogP contribution < -0.4 is 9.47 Å². The van der Waals surface area contributed by atoms with E-state index in [1.54, 1.807) is 6.07 Å². The van der Waals surface area contributed by atoms with E-state index in [0.29, 0.717) is 23.9 Å². The predicted octanol–water partition coefficient (Wildman–Crippen LogP) is 5.42. The van der Waals surface area contributed by atoms with E-state index in [9.17, 15) is 14.8 Å². The molecule has 39 heavy (non-hydrogen) atoms. The number of fused-ring (bicyclic) bond motifs is 2. The van der Waals surface area contributed by atoms with Gasteiger partial charge in [0.05, 0.1) is 29.6 Å². The van der Waals surface area contributed by atoms with E-state index in [1.807, 2.05) is 30.7 Å². The number of aromatic carboxylic acids is 1. The number of carboxylic acid groups (broad SMARTS) is 1.